The SMILES string of the molecule is COc1ccc(C2=C([Si](C)(C)C)CCCC2)c(F)c1. The highest BCUT2D eigenvalue weighted by Crippen LogP contribution is 2.38. The maximum absolute atomic E-state index is 14.3. The molecule has 1 aliphatic carbocycles. The fraction of sp³-hybridized carbons (Fsp3) is 0.500. The van der Waals surface area contributed by atoms with Gasteiger partial charge in [-0.25, -0.2) is 4.39 Å². The topological polar surface area (TPSA) is 9.23 Å². The van der Waals surface area contributed by atoms with Crippen molar-refractivity contribution in [1.29, 1.82) is 0 Å². The Morgan fingerprint density at radius 3 is 2.37 bits per heavy atom. The summed E-state index contributed by atoms with van der Waals surface area (Å²) in [6.07, 6.45) is 4.59. The lowest BCUT2D eigenvalue weighted by Crippen LogP contribution is -2.27. The average Bonchev–Trinajstić information content (AvgIpc) is 2.37. The summed E-state index contributed by atoms with van der Waals surface area (Å²) in [6, 6.07) is 5.25. The lowest BCUT2D eigenvalue weighted by Gasteiger charge is -2.29. The molecule has 0 amide bonds. The number of allylic oxidation sites excluding steroid dienone is 2. The first kappa shape index (κ1) is 14.3. The van der Waals surface area contributed by atoms with Crippen molar-refractivity contribution < 1.29 is 9.13 Å². The van der Waals surface area contributed by atoms with Gasteiger partial charge in [-0.1, -0.05) is 24.8 Å². The van der Waals surface area contributed by atoms with Crippen LogP contribution in [0.5, 0.6) is 5.75 Å². The van der Waals surface area contributed by atoms with Crippen LogP contribution in [0.15, 0.2) is 23.4 Å². The minimum Gasteiger partial charge on any atom is -0.497 e. The van der Waals surface area contributed by atoms with E-state index in [0.717, 1.165) is 18.4 Å². The summed E-state index contributed by atoms with van der Waals surface area (Å²) in [5.74, 6) is 0.444. The van der Waals surface area contributed by atoms with Gasteiger partial charge in [-0.3, -0.25) is 0 Å². The van der Waals surface area contributed by atoms with Crippen LogP contribution < -0.4 is 4.74 Å². The van der Waals surface area contributed by atoms with Gasteiger partial charge >= 0.3 is 0 Å². The third-order valence-corrected chi connectivity index (χ3v) is 6.24. The minimum atomic E-state index is -1.37. The monoisotopic (exact) mass is 278 g/mol. The van der Waals surface area contributed by atoms with E-state index < -0.39 is 8.07 Å². The molecule has 1 nitrogen and oxygen atoms in total. The second-order valence-electron chi connectivity index (χ2n) is 6.26. The average molecular weight is 278 g/mol. The van der Waals surface area contributed by atoms with E-state index in [9.17, 15) is 4.39 Å². The molecule has 0 saturated carbocycles. The predicted octanol–water partition coefficient (Wildman–Crippen LogP) is 5.04. The summed E-state index contributed by atoms with van der Waals surface area (Å²) < 4.78 is 19.4. The zero-order valence-electron chi connectivity index (χ0n) is 12.3. The zero-order valence-corrected chi connectivity index (χ0v) is 13.3. The molecule has 104 valence electrons. The second kappa shape index (κ2) is 5.49. The van der Waals surface area contributed by atoms with Crippen molar-refractivity contribution in [1.82, 2.24) is 0 Å². The van der Waals surface area contributed by atoms with Crippen LogP contribution in [0, 0.1) is 5.82 Å². The van der Waals surface area contributed by atoms with Gasteiger partial charge in [0.25, 0.3) is 0 Å². The summed E-state index contributed by atoms with van der Waals surface area (Å²) in [5, 5.41) is 1.54. The van der Waals surface area contributed by atoms with Crippen LogP contribution >= 0.6 is 0 Å². The lowest BCUT2D eigenvalue weighted by atomic mass is 9.93. The van der Waals surface area contributed by atoms with Crippen LogP contribution in [0.25, 0.3) is 5.57 Å². The number of ether oxygens (including phenoxy) is 1. The van der Waals surface area contributed by atoms with Crippen molar-refractivity contribution in [3.8, 4) is 5.75 Å². The number of halogens is 1. The van der Waals surface area contributed by atoms with Gasteiger partial charge in [0.05, 0.1) is 15.2 Å². The lowest BCUT2D eigenvalue weighted by molar-refractivity contribution is 0.411. The molecule has 0 radical (unpaired) electrons. The van der Waals surface area contributed by atoms with E-state index in [1.54, 1.807) is 12.3 Å². The second-order valence-corrected chi connectivity index (χ2v) is 11.4. The quantitative estimate of drug-likeness (QED) is 0.704. The Kier molecular flexibility index (Phi) is 4.14. The summed E-state index contributed by atoms with van der Waals surface area (Å²) in [5.41, 5.74) is 2.06. The van der Waals surface area contributed by atoms with Gasteiger partial charge in [-0.05, 0) is 43.4 Å². The first-order chi connectivity index (χ1) is 8.93. The van der Waals surface area contributed by atoms with Crippen LogP contribution in [0.3, 0.4) is 0 Å². The van der Waals surface area contributed by atoms with Gasteiger partial charge in [0, 0.05) is 11.6 Å². The molecule has 2 rings (SSSR count). The Bertz CT molecular complexity index is 500. The van der Waals surface area contributed by atoms with Gasteiger partial charge in [-0.15, -0.1) is 0 Å². The van der Waals surface area contributed by atoms with Gasteiger partial charge in [-0.2, -0.15) is 0 Å². The Morgan fingerprint density at radius 1 is 1.11 bits per heavy atom. The molecule has 1 aromatic carbocycles. The smallest absolute Gasteiger partial charge is 0.134 e. The molecule has 0 spiro atoms. The number of hydrogen-bond donors (Lipinski definition) is 0. The highest BCUT2D eigenvalue weighted by Gasteiger charge is 2.27. The summed E-state index contributed by atoms with van der Waals surface area (Å²) >= 11 is 0. The summed E-state index contributed by atoms with van der Waals surface area (Å²) in [7, 11) is 0.206. The normalized spacial score (nSPS) is 16.7. The zero-order chi connectivity index (χ0) is 14.0. The summed E-state index contributed by atoms with van der Waals surface area (Å²) in [6.45, 7) is 7.07. The van der Waals surface area contributed by atoms with Crippen LogP contribution in [0.1, 0.15) is 31.2 Å². The molecule has 0 N–H and O–H groups in total. The van der Waals surface area contributed by atoms with E-state index in [4.69, 9.17) is 4.74 Å². The molecule has 0 aromatic heterocycles. The van der Waals surface area contributed by atoms with E-state index in [1.807, 2.05) is 12.1 Å². The number of methoxy groups -OCH3 is 1. The van der Waals surface area contributed by atoms with Crippen LogP contribution in [0.2, 0.25) is 19.6 Å². The molecule has 0 heterocycles. The fourth-order valence-electron chi connectivity index (χ4n) is 2.90. The highest BCUT2D eigenvalue weighted by molar-refractivity contribution is 6.84. The molecule has 19 heavy (non-hydrogen) atoms. The molecule has 1 aromatic rings. The van der Waals surface area contributed by atoms with E-state index >= 15 is 0 Å². The van der Waals surface area contributed by atoms with Crippen molar-refractivity contribution in [2.75, 3.05) is 7.11 Å². The maximum Gasteiger partial charge on any atom is 0.134 e. The predicted molar refractivity (Wildman–Crippen MR) is 81.7 cm³/mol. The minimum absolute atomic E-state index is 0.146. The molecule has 0 fully saturated rings. The first-order valence-corrected chi connectivity index (χ1v) is 10.5. The number of hydrogen-bond acceptors (Lipinski definition) is 1. The molecule has 0 unspecified atom stereocenters. The Labute approximate surface area is 116 Å². The number of benzene rings is 1. The van der Waals surface area contributed by atoms with Crippen molar-refractivity contribution in [3.05, 3.63) is 34.8 Å². The van der Waals surface area contributed by atoms with E-state index in [1.165, 1.54) is 24.5 Å². The highest BCUT2D eigenvalue weighted by atomic mass is 28.3. The third-order valence-electron chi connectivity index (χ3n) is 3.87. The van der Waals surface area contributed by atoms with Gasteiger partial charge in [0.1, 0.15) is 11.6 Å². The van der Waals surface area contributed by atoms with E-state index in [-0.39, 0.29) is 5.82 Å². The largest absolute Gasteiger partial charge is 0.497 e. The summed E-state index contributed by atoms with van der Waals surface area (Å²) in [4.78, 5) is 0. The molecule has 0 bridgehead atoms. The maximum atomic E-state index is 14.3. The van der Waals surface area contributed by atoms with Crippen LogP contribution in [-0.2, 0) is 0 Å². The third kappa shape index (κ3) is 3.08. The standard InChI is InChI=1S/C16H23FOSi/c1-18-12-9-10-13(15(17)11-12)14-7-5-6-8-16(14)19(2,3)4/h9-11H,5-8H2,1-4H3. The van der Waals surface area contributed by atoms with Crippen LogP contribution in [-0.4, -0.2) is 15.2 Å². The Hall–Kier alpha value is -1.09. The van der Waals surface area contributed by atoms with Crippen molar-refractivity contribution in [3.63, 3.8) is 0 Å². The van der Waals surface area contributed by atoms with Gasteiger partial charge in [0.15, 0.2) is 0 Å². The van der Waals surface area contributed by atoms with E-state index in [2.05, 4.69) is 19.6 Å². The molecule has 1 aliphatic rings. The van der Waals surface area contributed by atoms with Gasteiger partial charge in [0.2, 0.25) is 0 Å². The Balaban J connectivity index is 2.51. The van der Waals surface area contributed by atoms with Crippen molar-refractivity contribution >= 4 is 13.6 Å². The first-order valence-electron chi connectivity index (χ1n) is 7.00. The van der Waals surface area contributed by atoms with Gasteiger partial charge < -0.3 is 4.74 Å². The molecule has 0 saturated heterocycles. The molecular formula is C16H23FOSi. The van der Waals surface area contributed by atoms with Crippen LogP contribution in [0.4, 0.5) is 4.39 Å². The fourth-order valence-corrected chi connectivity index (χ4v) is 4.99. The van der Waals surface area contributed by atoms with E-state index in [0.29, 0.717) is 5.75 Å². The molecule has 0 atom stereocenters. The molecule has 3 heteroatoms. The number of rotatable bonds is 3. The molecular weight excluding hydrogens is 255 g/mol. The Morgan fingerprint density at radius 2 is 1.79 bits per heavy atom. The van der Waals surface area contributed by atoms with Crippen molar-refractivity contribution in [2.45, 2.75) is 45.3 Å². The van der Waals surface area contributed by atoms with Crippen molar-refractivity contribution in [2.24, 2.45) is 0 Å². The molecule has 0 aliphatic heterocycles.